The Morgan fingerprint density at radius 1 is 1.30 bits per heavy atom. The van der Waals surface area contributed by atoms with Crippen molar-refractivity contribution in [2.24, 2.45) is 13.0 Å². The molecule has 124 valence electrons. The zero-order chi connectivity index (χ0) is 16.7. The number of rotatable bonds is 3. The molecule has 2 aromatic rings. The van der Waals surface area contributed by atoms with E-state index in [0.717, 1.165) is 42.2 Å². The van der Waals surface area contributed by atoms with Crippen LogP contribution in [0, 0.1) is 12.8 Å². The minimum Gasteiger partial charge on any atom is -0.342 e. The summed E-state index contributed by atoms with van der Waals surface area (Å²) in [5.41, 5.74) is 1.69. The molecule has 1 fully saturated rings. The fourth-order valence-corrected chi connectivity index (χ4v) is 3.32. The number of aryl methyl sites for hydroxylation is 2. The highest BCUT2D eigenvalue weighted by molar-refractivity contribution is 5.93. The first kappa shape index (κ1) is 15.7. The standard InChI is InChI=1S/C16H24N6O/c1-10(2)8-21-6-7-22(12(4)16(21)23)15-13-11(3)19-20(5)14(13)17-9-18-15/h9-10,12H,6-8H2,1-5H3/t12-/m0/s1. The zero-order valence-corrected chi connectivity index (χ0v) is 14.4. The maximum atomic E-state index is 12.7. The lowest BCUT2D eigenvalue weighted by Crippen LogP contribution is -2.57. The molecule has 1 saturated heterocycles. The van der Waals surface area contributed by atoms with Crippen LogP contribution in [0.3, 0.4) is 0 Å². The van der Waals surface area contributed by atoms with Crippen LogP contribution >= 0.6 is 0 Å². The Balaban J connectivity index is 1.96. The van der Waals surface area contributed by atoms with Crippen LogP contribution in [0.4, 0.5) is 5.82 Å². The van der Waals surface area contributed by atoms with E-state index in [0.29, 0.717) is 5.92 Å². The molecule has 1 aliphatic heterocycles. The average molecular weight is 316 g/mol. The summed E-state index contributed by atoms with van der Waals surface area (Å²) in [6.07, 6.45) is 1.55. The van der Waals surface area contributed by atoms with Crippen LogP contribution in [0.15, 0.2) is 6.33 Å². The second-order valence-electron chi connectivity index (χ2n) is 6.65. The molecular weight excluding hydrogens is 292 g/mol. The third-order valence-electron chi connectivity index (χ3n) is 4.38. The van der Waals surface area contributed by atoms with Crippen LogP contribution in [-0.4, -0.2) is 56.2 Å². The van der Waals surface area contributed by atoms with Crippen molar-refractivity contribution in [3.05, 3.63) is 12.0 Å². The molecule has 1 aliphatic rings. The Hall–Kier alpha value is -2.18. The summed E-state index contributed by atoms with van der Waals surface area (Å²) in [5.74, 6) is 1.45. The van der Waals surface area contributed by atoms with Gasteiger partial charge in [0.15, 0.2) is 5.65 Å². The fraction of sp³-hybridized carbons (Fsp3) is 0.625. The van der Waals surface area contributed by atoms with E-state index in [-0.39, 0.29) is 11.9 Å². The van der Waals surface area contributed by atoms with Gasteiger partial charge in [0.1, 0.15) is 18.2 Å². The SMILES string of the molecule is Cc1nn(C)c2ncnc(N3CCN(CC(C)C)C(=O)[C@@H]3C)c12. The highest BCUT2D eigenvalue weighted by Gasteiger charge is 2.33. The maximum Gasteiger partial charge on any atom is 0.245 e. The summed E-state index contributed by atoms with van der Waals surface area (Å²) in [6.45, 7) is 10.5. The molecule has 1 atom stereocenters. The van der Waals surface area contributed by atoms with Crippen LogP contribution in [0.2, 0.25) is 0 Å². The van der Waals surface area contributed by atoms with Gasteiger partial charge in [-0.1, -0.05) is 13.8 Å². The minimum absolute atomic E-state index is 0.165. The van der Waals surface area contributed by atoms with Crippen molar-refractivity contribution in [3.8, 4) is 0 Å². The summed E-state index contributed by atoms with van der Waals surface area (Å²) >= 11 is 0. The first-order valence-corrected chi connectivity index (χ1v) is 8.10. The summed E-state index contributed by atoms with van der Waals surface area (Å²) < 4.78 is 1.76. The molecule has 0 N–H and O–H groups in total. The number of anilines is 1. The summed E-state index contributed by atoms with van der Waals surface area (Å²) in [5, 5.41) is 5.37. The van der Waals surface area contributed by atoms with Crippen LogP contribution in [0.1, 0.15) is 26.5 Å². The Labute approximate surface area is 136 Å². The normalized spacial score (nSPS) is 19.2. The van der Waals surface area contributed by atoms with Gasteiger partial charge >= 0.3 is 0 Å². The molecule has 0 bridgehead atoms. The third kappa shape index (κ3) is 2.64. The molecule has 0 spiro atoms. The van der Waals surface area contributed by atoms with Crippen molar-refractivity contribution >= 4 is 22.8 Å². The minimum atomic E-state index is -0.222. The fourth-order valence-electron chi connectivity index (χ4n) is 3.32. The van der Waals surface area contributed by atoms with Crippen molar-refractivity contribution in [2.75, 3.05) is 24.5 Å². The van der Waals surface area contributed by atoms with Gasteiger partial charge in [-0.25, -0.2) is 9.97 Å². The monoisotopic (exact) mass is 316 g/mol. The van der Waals surface area contributed by atoms with E-state index < -0.39 is 0 Å². The molecule has 7 heteroatoms. The van der Waals surface area contributed by atoms with Gasteiger partial charge in [-0.05, 0) is 19.8 Å². The van der Waals surface area contributed by atoms with Crippen molar-refractivity contribution < 1.29 is 4.79 Å². The highest BCUT2D eigenvalue weighted by atomic mass is 16.2. The van der Waals surface area contributed by atoms with Gasteiger partial charge in [-0.15, -0.1) is 0 Å². The first-order valence-electron chi connectivity index (χ1n) is 8.10. The van der Waals surface area contributed by atoms with Crippen LogP contribution in [0.25, 0.3) is 11.0 Å². The Morgan fingerprint density at radius 2 is 2.04 bits per heavy atom. The number of nitrogens with zero attached hydrogens (tertiary/aromatic N) is 6. The van der Waals surface area contributed by atoms with E-state index in [1.807, 2.05) is 25.8 Å². The number of fused-ring (bicyclic) bond motifs is 1. The van der Waals surface area contributed by atoms with E-state index >= 15 is 0 Å². The van der Waals surface area contributed by atoms with Gasteiger partial charge in [0, 0.05) is 26.7 Å². The predicted octanol–water partition coefficient (Wildman–Crippen LogP) is 1.36. The molecule has 1 amide bonds. The molecule has 3 heterocycles. The highest BCUT2D eigenvalue weighted by Crippen LogP contribution is 2.28. The van der Waals surface area contributed by atoms with Gasteiger partial charge in [-0.3, -0.25) is 9.48 Å². The second-order valence-corrected chi connectivity index (χ2v) is 6.65. The molecule has 0 unspecified atom stereocenters. The second kappa shape index (κ2) is 5.79. The van der Waals surface area contributed by atoms with Gasteiger partial charge in [-0.2, -0.15) is 5.10 Å². The number of aromatic nitrogens is 4. The number of piperazine rings is 1. The van der Waals surface area contributed by atoms with Gasteiger partial charge in [0.2, 0.25) is 5.91 Å². The first-order chi connectivity index (χ1) is 10.9. The Morgan fingerprint density at radius 3 is 2.74 bits per heavy atom. The topological polar surface area (TPSA) is 67.2 Å². The van der Waals surface area contributed by atoms with Crippen molar-refractivity contribution in [1.29, 1.82) is 0 Å². The Kier molecular flexibility index (Phi) is 3.95. The maximum absolute atomic E-state index is 12.7. The Bertz CT molecular complexity index is 737. The molecule has 23 heavy (non-hydrogen) atoms. The molecule has 0 aliphatic carbocycles. The number of amides is 1. The number of hydrogen-bond donors (Lipinski definition) is 0. The smallest absolute Gasteiger partial charge is 0.245 e. The molecule has 0 aromatic carbocycles. The van der Waals surface area contributed by atoms with E-state index in [1.54, 1.807) is 11.0 Å². The quantitative estimate of drug-likeness (QED) is 0.855. The largest absolute Gasteiger partial charge is 0.342 e. The van der Waals surface area contributed by atoms with Crippen LogP contribution in [0.5, 0.6) is 0 Å². The number of carbonyl (C=O) groups is 1. The van der Waals surface area contributed by atoms with E-state index in [2.05, 4.69) is 33.8 Å². The molecule has 2 aromatic heterocycles. The van der Waals surface area contributed by atoms with E-state index in [1.165, 1.54) is 0 Å². The molecule has 7 nitrogen and oxygen atoms in total. The van der Waals surface area contributed by atoms with Crippen LogP contribution < -0.4 is 4.90 Å². The molecule has 3 rings (SSSR count). The summed E-state index contributed by atoms with van der Waals surface area (Å²) in [6, 6.07) is -0.222. The van der Waals surface area contributed by atoms with Crippen molar-refractivity contribution in [3.63, 3.8) is 0 Å². The van der Waals surface area contributed by atoms with Gasteiger partial charge in [0.05, 0.1) is 11.1 Å². The lowest BCUT2D eigenvalue weighted by Gasteiger charge is -2.40. The number of carbonyl (C=O) groups excluding carboxylic acids is 1. The molecule has 0 radical (unpaired) electrons. The van der Waals surface area contributed by atoms with Gasteiger partial charge in [0.25, 0.3) is 0 Å². The molecule has 0 saturated carbocycles. The average Bonchev–Trinajstić information content (AvgIpc) is 2.79. The van der Waals surface area contributed by atoms with E-state index in [9.17, 15) is 4.79 Å². The lowest BCUT2D eigenvalue weighted by atomic mass is 10.1. The van der Waals surface area contributed by atoms with E-state index in [4.69, 9.17) is 0 Å². The number of hydrogen-bond acceptors (Lipinski definition) is 5. The predicted molar refractivity (Wildman–Crippen MR) is 89.3 cm³/mol. The van der Waals surface area contributed by atoms with Crippen LogP contribution in [-0.2, 0) is 11.8 Å². The zero-order valence-electron chi connectivity index (χ0n) is 14.4. The van der Waals surface area contributed by atoms with Gasteiger partial charge < -0.3 is 9.80 Å². The van der Waals surface area contributed by atoms with Crippen molar-refractivity contribution in [2.45, 2.75) is 33.7 Å². The molecular formula is C16H24N6O. The lowest BCUT2D eigenvalue weighted by molar-refractivity contribution is -0.134. The summed E-state index contributed by atoms with van der Waals surface area (Å²) in [4.78, 5) is 25.5. The van der Waals surface area contributed by atoms with Crippen molar-refractivity contribution in [1.82, 2.24) is 24.6 Å². The summed E-state index contributed by atoms with van der Waals surface area (Å²) in [7, 11) is 1.88. The third-order valence-corrected chi connectivity index (χ3v) is 4.38.